The quantitative estimate of drug-likeness (QED) is 0.583. The Morgan fingerprint density at radius 3 is 2.47 bits per heavy atom. The summed E-state index contributed by atoms with van der Waals surface area (Å²) in [4.78, 5) is 4.34. The summed E-state index contributed by atoms with van der Waals surface area (Å²) in [5.74, 6) is 0.446. The van der Waals surface area contributed by atoms with Gasteiger partial charge in [-0.3, -0.25) is 0 Å². The third kappa shape index (κ3) is 4.30. The van der Waals surface area contributed by atoms with Gasteiger partial charge in [-0.1, -0.05) is 30.2 Å². The lowest BCUT2D eigenvalue weighted by Crippen LogP contribution is -2.42. The molecule has 6 nitrogen and oxygen atoms in total. The summed E-state index contributed by atoms with van der Waals surface area (Å²) in [7, 11) is -3.76. The van der Waals surface area contributed by atoms with Crippen LogP contribution in [0.25, 0.3) is 11.5 Å². The molecule has 158 valence electrons. The molecule has 1 aliphatic carbocycles. The molecule has 30 heavy (non-hydrogen) atoms. The number of hydrogen-bond acceptors (Lipinski definition) is 5. The average Bonchev–Trinajstić information content (AvgIpc) is 3.44. The molecule has 1 fully saturated rings. The third-order valence-corrected chi connectivity index (χ3v) is 7.75. The number of benzene rings is 2. The maximum Gasteiger partial charge on any atom is 0.243 e. The number of aliphatic hydroxyl groups excluding tert-OH is 1. The van der Waals surface area contributed by atoms with Crippen LogP contribution in [0, 0.1) is 5.92 Å². The van der Waals surface area contributed by atoms with Crippen molar-refractivity contribution >= 4 is 21.6 Å². The first-order chi connectivity index (χ1) is 14.5. The van der Waals surface area contributed by atoms with E-state index in [2.05, 4.69) is 4.98 Å². The highest BCUT2D eigenvalue weighted by Gasteiger charge is 2.38. The van der Waals surface area contributed by atoms with Crippen molar-refractivity contribution in [3.8, 4) is 11.5 Å². The maximum atomic E-state index is 13.5. The number of aromatic nitrogens is 1. The molecule has 2 atom stereocenters. The van der Waals surface area contributed by atoms with E-state index in [1.807, 2.05) is 24.3 Å². The highest BCUT2D eigenvalue weighted by atomic mass is 35.5. The Hall–Kier alpha value is -2.19. The molecular formula is C22H23ClN2O4S. The van der Waals surface area contributed by atoms with Gasteiger partial charge >= 0.3 is 0 Å². The van der Waals surface area contributed by atoms with E-state index in [1.54, 1.807) is 18.3 Å². The Morgan fingerprint density at radius 2 is 1.83 bits per heavy atom. The molecular weight excluding hydrogens is 424 g/mol. The zero-order chi connectivity index (χ0) is 21.1. The standard InChI is InChI=1S/C22H23ClN2O4S/c23-19-8-10-20(11-9-19)30(27,28)25(21-3-1-2-18(21)15-26)14-16-4-6-17(7-5-16)22-24-12-13-29-22/h4-13,18,21,26H,1-3,14-15H2. The first-order valence-electron chi connectivity index (χ1n) is 9.86. The van der Waals surface area contributed by atoms with Gasteiger partial charge in [0.15, 0.2) is 0 Å². The SMILES string of the molecule is O=S(=O)(c1ccc(Cl)cc1)N(Cc1ccc(-c2ncco2)cc1)C1CCCC1CO. The molecule has 4 rings (SSSR count). The highest BCUT2D eigenvalue weighted by Crippen LogP contribution is 2.35. The number of nitrogens with zero attached hydrogens (tertiary/aromatic N) is 2. The fourth-order valence-corrected chi connectivity index (χ4v) is 5.86. The molecule has 0 bridgehead atoms. The molecule has 0 aliphatic heterocycles. The van der Waals surface area contributed by atoms with Crippen LogP contribution in [0.3, 0.4) is 0 Å². The van der Waals surface area contributed by atoms with Crippen molar-refractivity contribution in [1.29, 1.82) is 0 Å². The van der Waals surface area contributed by atoms with Gasteiger partial charge in [-0.2, -0.15) is 4.31 Å². The lowest BCUT2D eigenvalue weighted by molar-refractivity contribution is 0.166. The normalized spacial score (nSPS) is 19.4. The van der Waals surface area contributed by atoms with Crippen molar-refractivity contribution in [2.75, 3.05) is 6.61 Å². The van der Waals surface area contributed by atoms with Crippen LogP contribution in [-0.2, 0) is 16.6 Å². The van der Waals surface area contributed by atoms with E-state index in [-0.39, 0.29) is 30.0 Å². The lowest BCUT2D eigenvalue weighted by atomic mass is 10.0. The average molecular weight is 447 g/mol. The van der Waals surface area contributed by atoms with Gasteiger partial charge in [0, 0.05) is 29.8 Å². The second-order valence-corrected chi connectivity index (χ2v) is 9.81. The van der Waals surface area contributed by atoms with Gasteiger partial charge in [0.25, 0.3) is 0 Å². The van der Waals surface area contributed by atoms with Crippen molar-refractivity contribution in [2.24, 2.45) is 5.92 Å². The summed E-state index contributed by atoms with van der Waals surface area (Å²) in [5, 5.41) is 10.3. The molecule has 1 aromatic heterocycles. The monoisotopic (exact) mass is 446 g/mol. The van der Waals surface area contributed by atoms with Gasteiger partial charge in [0.1, 0.15) is 6.26 Å². The summed E-state index contributed by atoms with van der Waals surface area (Å²) in [6.45, 7) is 0.193. The molecule has 0 saturated heterocycles. The summed E-state index contributed by atoms with van der Waals surface area (Å²) in [5.41, 5.74) is 1.68. The second kappa shape index (κ2) is 8.89. The van der Waals surface area contributed by atoms with Crippen LogP contribution in [0.1, 0.15) is 24.8 Å². The van der Waals surface area contributed by atoms with Crippen LogP contribution in [-0.4, -0.2) is 35.5 Å². The number of halogens is 1. The zero-order valence-electron chi connectivity index (χ0n) is 16.3. The molecule has 0 amide bonds. The predicted molar refractivity (Wildman–Crippen MR) is 114 cm³/mol. The molecule has 0 radical (unpaired) electrons. The molecule has 0 spiro atoms. The number of oxazole rings is 1. The Morgan fingerprint density at radius 1 is 1.10 bits per heavy atom. The topological polar surface area (TPSA) is 83.6 Å². The van der Waals surface area contributed by atoms with Gasteiger partial charge in [-0.25, -0.2) is 13.4 Å². The van der Waals surface area contributed by atoms with Gasteiger partial charge < -0.3 is 9.52 Å². The van der Waals surface area contributed by atoms with Gasteiger partial charge in [0.2, 0.25) is 15.9 Å². The highest BCUT2D eigenvalue weighted by molar-refractivity contribution is 7.89. The molecule has 1 saturated carbocycles. The minimum atomic E-state index is -3.76. The van der Waals surface area contributed by atoms with E-state index in [4.69, 9.17) is 16.0 Å². The van der Waals surface area contributed by atoms with Crippen LogP contribution < -0.4 is 0 Å². The van der Waals surface area contributed by atoms with E-state index in [9.17, 15) is 13.5 Å². The van der Waals surface area contributed by atoms with Crippen molar-refractivity contribution in [1.82, 2.24) is 9.29 Å². The number of hydrogen-bond donors (Lipinski definition) is 1. The van der Waals surface area contributed by atoms with Crippen molar-refractivity contribution in [3.63, 3.8) is 0 Å². The maximum absolute atomic E-state index is 13.5. The lowest BCUT2D eigenvalue weighted by Gasteiger charge is -2.32. The van der Waals surface area contributed by atoms with Crippen molar-refractivity contribution in [3.05, 3.63) is 71.6 Å². The molecule has 1 N–H and O–H groups in total. The predicted octanol–water partition coefficient (Wildman–Crippen LogP) is 4.35. The first-order valence-corrected chi connectivity index (χ1v) is 11.7. The van der Waals surface area contributed by atoms with Gasteiger partial charge in [-0.15, -0.1) is 0 Å². The van der Waals surface area contributed by atoms with Crippen LogP contribution in [0.5, 0.6) is 0 Å². The number of aliphatic hydroxyl groups is 1. The van der Waals surface area contributed by atoms with E-state index < -0.39 is 10.0 Å². The fourth-order valence-electron chi connectivity index (χ4n) is 4.03. The summed E-state index contributed by atoms with van der Waals surface area (Å²) in [6, 6.07) is 13.5. The fraction of sp³-hybridized carbons (Fsp3) is 0.318. The number of rotatable bonds is 7. The molecule has 2 unspecified atom stereocenters. The first kappa shape index (κ1) is 21.1. The summed E-state index contributed by atoms with van der Waals surface area (Å²) in [6.07, 6.45) is 5.53. The Kier molecular flexibility index (Phi) is 6.24. The zero-order valence-corrected chi connectivity index (χ0v) is 17.9. The minimum absolute atomic E-state index is 0.0274. The molecule has 3 aromatic rings. The molecule has 2 aromatic carbocycles. The molecule has 1 aliphatic rings. The summed E-state index contributed by atoms with van der Waals surface area (Å²) < 4.78 is 33.9. The largest absolute Gasteiger partial charge is 0.445 e. The van der Waals surface area contributed by atoms with E-state index in [0.29, 0.717) is 10.9 Å². The smallest absolute Gasteiger partial charge is 0.243 e. The van der Waals surface area contributed by atoms with Crippen LogP contribution in [0.2, 0.25) is 5.02 Å². The summed E-state index contributed by atoms with van der Waals surface area (Å²) >= 11 is 5.95. The molecule has 1 heterocycles. The van der Waals surface area contributed by atoms with Crippen LogP contribution in [0.15, 0.2) is 70.3 Å². The van der Waals surface area contributed by atoms with E-state index >= 15 is 0 Å². The Bertz CT molecular complexity index is 1070. The Labute approximate surface area is 181 Å². The Balaban J connectivity index is 1.66. The van der Waals surface area contributed by atoms with Crippen molar-refractivity contribution < 1.29 is 17.9 Å². The third-order valence-electron chi connectivity index (χ3n) is 5.62. The number of sulfonamides is 1. The van der Waals surface area contributed by atoms with Gasteiger partial charge in [0.05, 0.1) is 11.1 Å². The minimum Gasteiger partial charge on any atom is -0.445 e. The van der Waals surface area contributed by atoms with E-state index in [1.165, 1.54) is 22.7 Å². The van der Waals surface area contributed by atoms with Crippen LogP contribution >= 0.6 is 11.6 Å². The second-order valence-electron chi connectivity index (χ2n) is 7.48. The van der Waals surface area contributed by atoms with Crippen molar-refractivity contribution in [2.45, 2.75) is 36.7 Å². The molecule has 8 heteroatoms. The van der Waals surface area contributed by atoms with Gasteiger partial charge in [-0.05, 0) is 60.7 Å². The van der Waals surface area contributed by atoms with Crippen LogP contribution in [0.4, 0.5) is 0 Å². The van der Waals surface area contributed by atoms with E-state index in [0.717, 1.165) is 30.4 Å².